The molecule has 0 amide bonds. The van der Waals surface area contributed by atoms with Gasteiger partial charge in [-0.05, 0) is 36.1 Å². The van der Waals surface area contributed by atoms with Crippen LogP contribution in [0.1, 0.15) is 47.9 Å². The summed E-state index contributed by atoms with van der Waals surface area (Å²) in [5, 5.41) is 0. The average molecular weight is 347 g/mol. The van der Waals surface area contributed by atoms with Crippen molar-refractivity contribution in [2.24, 2.45) is 0 Å². The van der Waals surface area contributed by atoms with Gasteiger partial charge in [0.1, 0.15) is 27.2 Å². The first-order valence-electron chi connectivity index (χ1n) is 10.0. The molecule has 0 spiro atoms. The van der Waals surface area contributed by atoms with Crippen molar-refractivity contribution in [1.82, 2.24) is 0 Å². The quantitative estimate of drug-likeness (QED) is 0.572. The molecule has 2 heteroatoms. The number of nitrogens with zero attached hydrogens (tertiary/aromatic N) is 2. The Bertz CT molecular complexity index is 800. The highest BCUT2D eigenvalue weighted by Gasteiger charge is 2.24. The first-order chi connectivity index (χ1) is 12.7. The van der Waals surface area contributed by atoms with Gasteiger partial charge in [-0.25, -0.2) is 9.15 Å². The Labute approximate surface area is 157 Å². The summed E-state index contributed by atoms with van der Waals surface area (Å²) in [6, 6.07) is 17.9. The molecule has 0 saturated carbocycles. The molecular weight excluding hydrogens is 316 g/mol. The SMILES string of the molecule is C[N+]1=C(CCCCC2=[N+](C)CCc3ccccc32)c2ccccc2CC1. The smallest absolute Gasteiger partial charge is 0.183 e. The summed E-state index contributed by atoms with van der Waals surface area (Å²) >= 11 is 0. The fraction of sp³-hybridized carbons (Fsp3) is 0.417. The van der Waals surface area contributed by atoms with Gasteiger partial charge in [-0.15, -0.1) is 0 Å². The van der Waals surface area contributed by atoms with Crippen molar-refractivity contribution in [1.29, 1.82) is 0 Å². The van der Waals surface area contributed by atoms with Crippen molar-refractivity contribution in [3.8, 4) is 0 Å². The number of benzene rings is 2. The highest BCUT2D eigenvalue weighted by atomic mass is 15.0. The lowest BCUT2D eigenvalue weighted by molar-refractivity contribution is -0.499. The lowest BCUT2D eigenvalue weighted by Crippen LogP contribution is -2.28. The molecule has 0 aliphatic carbocycles. The summed E-state index contributed by atoms with van der Waals surface area (Å²) in [5.41, 5.74) is 9.08. The molecule has 134 valence electrons. The van der Waals surface area contributed by atoms with E-state index >= 15 is 0 Å². The maximum Gasteiger partial charge on any atom is 0.183 e. The van der Waals surface area contributed by atoms with E-state index in [2.05, 4.69) is 71.8 Å². The van der Waals surface area contributed by atoms with Crippen LogP contribution in [0.5, 0.6) is 0 Å². The van der Waals surface area contributed by atoms with Gasteiger partial charge in [0.25, 0.3) is 0 Å². The Kier molecular flexibility index (Phi) is 5.01. The van der Waals surface area contributed by atoms with Crippen LogP contribution in [-0.2, 0) is 12.8 Å². The van der Waals surface area contributed by atoms with E-state index < -0.39 is 0 Å². The van der Waals surface area contributed by atoms with Crippen molar-refractivity contribution >= 4 is 11.4 Å². The second-order valence-corrected chi connectivity index (χ2v) is 7.76. The van der Waals surface area contributed by atoms with E-state index in [0.29, 0.717) is 0 Å². The first kappa shape index (κ1) is 17.2. The molecule has 26 heavy (non-hydrogen) atoms. The Morgan fingerprint density at radius 2 is 1.08 bits per heavy atom. The van der Waals surface area contributed by atoms with Gasteiger partial charge in [0.2, 0.25) is 0 Å². The van der Waals surface area contributed by atoms with Gasteiger partial charge in [0, 0.05) is 36.8 Å². The molecule has 0 saturated heterocycles. The molecule has 2 aromatic carbocycles. The molecule has 2 heterocycles. The summed E-state index contributed by atoms with van der Waals surface area (Å²) in [6.45, 7) is 2.31. The first-order valence-corrected chi connectivity index (χ1v) is 10.0. The zero-order chi connectivity index (χ0) is 17.9. The van der Waals surface area contributed by atoms with Crippen LogP contribution in [0.2, 0.25) is 0 Å². The fourth-order valence-corrected chi connectivity index (χ4v) is 4.53. The topological polar surface area (TPSA) is 6.02 Å². The molecule has 2 nitrogen and oxygen atoms in total. The van der Waals surface area contributed by atoms with E-state index in [1.165, 1.54) is 72.2 Å². The van der Waals surface area contributed by atoms with Crippen molar-refractivity contribution < 1.29 is 9.15 Å². The predicted molar refractivity (Wildman–Crippen MR) is 109 cm³/mol. The zero-order valence-corrected chi connectivity index (χ0v) is 16.2. The Balaban J connectivity index is 1.42. The van der Waals surface area contributed by atoms with Crippen LogP contribution in [0.3, 0.4) is 0 Å². The predicted octanol–water partition coefficient (Wildman–Crippen LogP) is 3.92. The molecule has 0 bridgehead atoms. The lowest BCUT2D eigenvalue weighted by atomic mass is 9.91. The molecule has 0 N–H and O–H groups in total. The van der Waals surface area contributed by atoms with Crippen molar-refractivity contribution in [2.45, 2.75) is 38.5 Å². The molecule has 0 unspecified atom stereocenters. The maximum atomic E-state index is 2.47. The number of likely N-dealkylation sites (N-methyl/N-ethyl adjacent to an activating group) is 2. The minimum atomic E-state index is 1.15. The van der Waals surface area contributed by atoms with E-state index in [0.717, 1.165) is 13.1 Å². The highest BCUT2D eigenvalue weighted by molar-refractivity contribution is 5.99. The molecule has 0 aromatic heterocycles. The minimum Gasteiger partial charge on any atom is -0.235 e. The van der Waals surface area contributed by atoms with Crippen LogP contribution in [0.25, 0.3) is 0 Å². The van der Waals surface area contributed by atoms with Gasteiger partial charge in [-0.2, -0.15) is 0 Å². The number of unbranched alkanes of at least 4 members (excludes halogenated alkanes) is 1. The second-order valence-electron chi connectivity index (χ2n) is 7.76. The zero-order valence-electron chi connectivity index (χ0n) is 16.2. The molecule has 0 fully saturated rings. The summed E-state index contributed by atoms with van der Waals surface area (Å²) in [5.74, 6) is 0. The summed E-state index contributed by atoms with van der Waals surface area (Å²) in [4.78, 5) is 0. The van der Waals surface area contributed by atoms with Gasteiger partial charge < -0.3 is 0 Å². The molecule has 2 aliphatic rings. The monoisotopic (exact) mass is 346 g/mol. The van der Waals surface area contributed by atoms with Crippen LogP contribution >= 0.6 is 0 Å². The number of hydrogen-bond acceptors (Lipinski definition) is 0. The van der Waals surface area contributed by atoms with Crippen LogP contribution in [-0.4, -0.2) is 47.8 Å². The molecular formula is C24H30N2+2. The lowest BCUT2D eigenvalue weighted by Gasteiger charge is -2.17. The Hall–Kier alpha value is -2.22. The van der Waals surface area contributed by atoms with Crippen LogP contribution in [0.15, 0.2) is 48.5 Å². The maximum absolute atomic E-state index is 2.47. The third-order valence-corrected chi connectivity index (χ3v) is 6.09. The molecule has 4 rings (SSSR count). The third kappa shape index (κ3) is 3.38. The fourth-order valence-electron chi connectivity index (χ4n) is 4.53. The van der Waals surface area contributed by atoms with E-state index in [1.807, 2.05) is 0 Å². The minimum absolute atomic E-state index is 1.15. The van der Waals surface area contributed by atoms with Crippen molar-refractivity contribution in [2.75, 3.05) is 27.2 Å². The van der Waals surface area contributed by atoms with E-state index in [9.17, 15) is 0 Å². The summed E-state index contributed by atoms with van der Waals surface area (Å²) in [6.07, 6.45) is 7.24. The molecule has 2 aliphatic heterocycles. The van der Waals surface area contributed by atoms with Crippen molar-refractivity contribution in [3.05, 3.63) is 70.8 Å². The number of hydrogen-bond donors (Lipinski definition) is 0. The third-order valence-electron chi connectivity index (χ3n) is 6.09. The second kappa shape index (κ2) is 7.57. The van der Waals surface area contributed by atoms with Gasteiger partial charge >= 0.3 is 0 Å². The standard InChI is InChI=1S/C24H30N2/c1-25-17-15-19-9-3-5-11-21(19)23(25)13-7-8-14-24-22-12-6-4-10-20(22)16-18-26(24)2/h3-6,9-12H,7-8,13-18H2,1-2H3/q+2. The van der Waals surface area contributed by atoms with E-state index in [-0.39, 0.29) is 0 Å². The normalized spacial score (nSPS) is 16.5. The largest absolute Gasteiger partial charge is 0.235 e. The van der Waals surface area contributed by atoms with Crippen LogP contribution in [0, 0.1) is 0 Å². The van der Waals surface area contributed by atoms with Gasteiger partial charge in [0.15, 0.2) is 11.4 Å². The van der Waals surface area contributed by atoms with E-state index in [1.54, 1.807) is 0 Å². The Morgan fingerprint density at radius 1 is 0.654 bits per heavy atom. The highest BCUT2D eigenvalue weighted by Crippen LogP contribution is 2.21. The average Bonchev–Trinajstić information content (AvgIpc) is 2.68. The summed E-state index contributed by atoms with van der Waals surface area (Å²) in [7, 11) is 4.51. The van der Waals surface area contributed by atoms with Gasteiger partial charge in [0.05, 0.1) is 0 Å². The number of rotatable bonds is 5. The van der Waals surface area contributed by atoms with E-state index in [4.69, 9.17) is 0 Å². The van der Waals surface area contributed by atoms with Gasteiger partial charge in [-0.1, -0.05) is 36.4 Å². The Morgan fingerprint density at radius 3 is 1.54 bits per heavy atom. The van der Waals surface area contributed by atoms with Crippen molar-refractivity contribution in [3.63, 3.8) is 0 Å². The molecule has 2 aromatic rings. The van der Waals surface area contributed by atoms with Crippen LogP contribution < -0.4 is 0 Å². The molecule has 0 radical (unpaired) electrons. The van der Waals surface area contributed by atoms with Crippen LogP contribution in [0.4, 0.5) is 0 Å². The molecule has 0 atom stereocenters. The van der Waals surface area contributed by atoms with Gasteiger partial charge in [-0.3, -0.25) is 0 Å². The number of fused-ring (bicyclic) bond motifs is 2. The summed E-state index contributed by atoms with van der Waals surface area (Å²) < 4.78 is 4.94.